The molecule has 1 aromatic carbocycles. The number of rotatable bonds is 2. The minimum absolute atomic E-state index is 0. The van der Waals surface area contributed by atoms with Crippen LogP contribution in [0.4, 0.5) is 0 Å². The molecule has 6 heteroatoms. The second-order valence-electron chi connectivity index (χ2n) is 2.62. The van der Waals surface area contributed by atoms with Gasteiger partial charge in [0.25, 0.3) is 0 Å². The Bertz CT molecular complexity index is 371. The fourth-order valence-corrected chi connectivity index (χ4v) is 2.07. The van der Waals surface area contributed by atoms with Crippen LogP contribution in [0.15, 0.2) is 16.6 Å². The predicted octanol–water partition coefficient (Wildman–Crippen LogP) is 2.77. The van der Waals surface area contributed by atoms with Crippen LogP contribution in [-0.4, -0.2) is 13.1 Å². The molecule has 0 aliphatic heterocycles. The Morgan fingerprint density at radius 3 is 2.67 bits per heavy atom. The molecule has 0 aliphatic rings. The topological polar surface area (TPSA) is 52.3 Å². The first-order valence-corrected chi connectivity index (χ1v) is 5.03. The fourth-order valence-electron chi connectivity index (χ4n) is 1.12. The minimum Gasteiger partial charge on any atom is -0.465 e. The van der Waals surface area contributed by atoms with Crippen LogP contribution in [0.3, 0.4) is 0 Å². The molecule has 1 rings (SSSR count). The van der Waals surface area contributed by atoms with Crippen LogP contribution in [0.1, 0.15) is 15.9 Å². The molecule has 0 saturated carbocycles. The molecular weight excluding hydrogens is 305 g/mol. The molecule has 0 aliphatic carbocycles. The van der Waals surface area contributed by atoms with E-state index in [1.165, 1.54) is 7.11 Å². The van der Waals surface area contributed by atoms with Gasteiger partial charge in [0.2, 0.25) is 0 Å². The van der Waals surface area contributed by atoms with Crippen LogP contribution in [0.2, 0.25) is 5.02 Å². The summed E-state index contributed by atoms with van der Waals surface area (Å²) in [7, 11) is 1.31. The van der Waals surface area contributed by atoms with Crippen molar-refractivity contribution in [3.05, 3.63) is 32.8 Å². The molecule has 0 fully saturated rings. The molecule has 0 atom stereocenters. The number of halogens is 3. The van der Waals surface area contributed by atoms with Crippen LogP contribution in [0, 0.1) is 0 Å². The van der Waals surface area contributed by atoms with Gasteiger partial charge in [-0.2, -0.15) is 0 Å². The Hall–Kier alpha value is -0.290. The van der Waals surface area contributed by atoms with E-state index in [2.05, 4.69) is 20.7 Å². The summed E-state index contributed by atoms with van der Waals surface area (Å²) in [6, 6.07) is 3.38. The van der Waals surface area contributed by atoms with Gasteiger partial charge >= 0.3 is 5.97 Å². The molecule has 15 heavy (non-hydrogen) atoms. The van der Waals surface area contributed by atoms with E-state index in [1.807, 2.05) is 0 Å². The number of carbonyl (C=O) groups excluding carboxylic acids is 1. The smallest absolute Gasteiger partial charge is 0.339 e. The maximum atomic E-state index is 11.3. The largest absolute Gasteiger partial charge is 0.465 e. The summed E-state index contributed by atoms with van der Waals surface area (Å²) in [5.74, 6) is -0.469. The molecule has 0 heterocycles. The Balaban J connectivity index is 0.00000196. The normalized spacial score (nSPS) is 9.33. The van der Waals surface area contributed by atoms with Gasteiger partial charge in [0, 0.05) is 11.0 Å². The monoisotopic (exact) mass is 313 g/mol. The lowest BCUT2D eigenvalue weighted by Crippen LogP contribution is -2.10. The molecule has 1 aromatic rings. The number of carbonyl (C=O) groups is 1. The molecule has 3 nitrogen and oxygen atoms in total. The lowest BCUT2D eigenvalue weighted by atomic mass is 10.1. The van der Waals surface area contributed by atoms with E-state index in [0.29, 0.717) is 16.1 Å². The van der Waals surface area contributed by atoms with Crippen molar-refractivity contribution in [1.29, 1.82) is 0 Å². The maximum absolute atomic E-state index is 11.3. The highest BCUT2D eigenvalue weighted by atomic mass is 79.9. The summed E-state index contributed by atoms with van der Waals surface area (Å²) < 4.78 is 5.39. The summed E-state index contributed by atoms with van der Waals surface area (Å²) >= 11 is 9.17. The Kier molecular flexibility index (Phi) is 6.20. The van der Waals surface area contributed by atoms with Crippen molar-refractivity contribution in [2.24, 2.45) is 5.73 Å². The van der Waals surface area contributed by atoms with Gasteiger partial charge in [0.05, 0.1) is 17.7 Å². The molecule has 2 N–H and O–H groups in total. The second kappa shape index (κ2) is 6.33. The molecule has 84 valence electrons. The summed E-state index contributed by atoms with van der Waals surface area (Å²) in [6.45, 7) is 0.240. The lowest BCUT2D eigenvalue weighted by Gasteiger charge is -2.08. The van der Waals surface area contributed by atoms with E-state index in [1.54, 1.807) is 12.1 Å². The van der Waals surface area contributed by atoms with Gasteiger partial charge in [0.15, 0.2) is 0 Å². The standard InChI is InChI=1S/C9H9BrClNO2.ClH/c1-14-9(13)8-5(4-12)2-6(10)3-7(8)11;/h2-3H,4,12H2,1H3;1H. The molecule has 0 unspecified atom stereocenters. The first-order valence-electron chi connectivity index (χ1n) is 3.86. The maximum Gasteiger partial charge on any atom is 0.339 e. The van der Waals surface area contributed by atoms with Gasteiger partial charge in [-0.15, -0.1) is 12.4 Å². The van der Waals surface area contributed by atoms with Crippen molar-refractivity contribution >= 4 is 45.9 Å². The average molecular weight is 315 g/mol. The van der Waals surface area contributed by atoms with Crippen molar-refractivity contribution in [1.82, 2.24) is 0 Å². The van der Waals surface area contributed by atoms with E-state index >= 15 is 0 Å². The highest BCUT2D eigenvalue weighted by Crippen LogP contribution is 2.26. The predicted molar refractivity (Wildman–Crippen MR) is 65.6 cm³/mol. The van der Waals surface area contributed by atoms with E-state index in [0.717, 1.165) is 4.47 Å². The van der Waals surface area contributed by atoms with E-state index in [9.17, 15) is 4.79 Å². The first-order chi connectivity index (χ1) is 6.60. The van der Waals surface area contributed by atoms with Crippen LogP contribution in [0.25, 0.3) is 0 Å². The SMILES string of the molecule is COC(=O)c1c(Cl)cc(Br)cc1CN.Cl. The quantitative estimate of drug-likeness (QED) is 0.854. The number of benzene rings is 1. The number of hydrogen-bond donors (Lipinski definition) is 1. The van der Waals surface area contributed by atoms with E-state index in [4.69, 9.17) is 17.3 Å². The van der Waals surface area contributed by atoms with Crippen LogP contribution in [0.5, 0.6) is 0 Å². The zero-order valence-electron chi connectivity index (χ0n) is 7.92. The molecular formula is C9H10BrCl2NO2. The van der Waals surface area contributed by atoms with Crippen molar-refractivity contribution in [3.63, 3.8) is 0 Å². The molecule has 0 spiro atoms. The molecule has 0 amide bonds. The Labute approximate surface area is 107 Å². The highest BCUT2D eigenvalue weighted by Gasteiger charge is 2.15. The zero-order chi connectivity index (χ0) is 10.7. The van der Waals surface area contributed by atoms with E-state index in [-0.39, 0.29) is 19.0 Å². The number of ether oxygens (including phenoxy) is 1. The van der Waals surface area contributed by atoms with Gasteiger partial charge in [-0.05, 0) is 17.7 Å². The third-order valence-corrected chi connectivity index (χ3v) is 2.50. The number of methoxy groups -OCH3 is 1. The third-order valence-electron chi connectivity index (χ3n) is 1.75. The summed E-state index contributed by atoms with van der Waals surface area (Å²) in [5.41, 5.74) is 6.49. The zero-order valence-corrected chi connectivity index (χ0v) is 11.1. The van der Waals surface area contributed by atoms with Crippen molar-refractivity contribution in [3.8, 4) is 0 Å². The van der Waals surface area contributed by atoms with Crippen molar-refractivity contribution in [2.75, 3.05) is 7.11 Å². The van der Waals surface area contributed by atoms with Crippen molar-refractivity contribution < 1.29 is 9.53 Å². The van der Waals surface area contributed by atoms with Gasteiger partial charge in [-0.1, -0.05) is 27.5 Å². The summed E-state index contributed by atoms with van der Waals surface area (Å²) in [6.07, 6.45) is 0. The molecule has 0 radical (unpaired) electrons. The Morgan fingerprint density at radius 1 is 1.60 bits per heavy atom. The number of hydrogen-bond acceptors (Lipinski definition) is 3. The van der Waals surface area contributed by atoms with Crippen molar-refractivity contribution in [2.45, 2.75) is 6.54 Å². The average Bonchev–Trinajstić information content (AvgIpc) is 2.15. The molecule has 0 saturated heterocycles. The molecule has 0 bridgehead atoms. The second-order valence-corrected chi connectivity index (χ2v) is 3.94. The first kappa shape index (κ1) is 14.7. The molecule has 0 aromatic heterocycles. The highest BCUT2D eigenvalue weighted by molar-refractivity contribution is 9.10. The van der Waals surface area contributed by atoms with E-state index < -0.39 is 5.97 Å². The van der Waals surface area contributed by atoms with Gasteiger partial charge in [-0.25, -0.2) is 4.79 Å². The Morgan fingerprint density at radius 2 is 2.20 bits per heavy atom. The lowest BCUT2D eigenvalue weighted by molar-refractivity contribution is 0.0599. The van der Waals surface area contributed by atoms with Crippen LogP contribution >= 0.6 is 39.9 Å². The number of esters is 1. The number of nitrogens with two attached hydrogens (primary N) is 1. The van der Waals surface area contributed by atoms with Gasteiger partial charge < -0.3 is 10.5 Å². The summed E-state index contributed by atoms with van der Waals surface area (Å²) in [4.78, 5) is 11.3. The van der Waals surface area contributed by atoms with Gasteiger partial charge in [0.1, 0.15) is 0 Å². The fraction of sp³-hybridized carbons (Fsp3) is 0.222. The summed E-state index contributed by atoms with van der Waals surface area (Å²) in [5, 5.41) is 0.340. The van der Waals surface area contributed by atoms with Crippen LogP contribution < -0.4 is 5.73 Å². The van der Waals surface area contributed by atoms with Crippen LogP contribution in [-0.2, 0) is 11.3 Å². The third kappa shape index (κ3) is 3.34. The minimum atomic E-state index is -0.469. The van der Waals surface area contributed by atoms with Gasteiger partial charge in [-0.3, -0.25) is 0 Å².